The lowest BCUT2D eigenvalue weighted by Crippen LogP contribution is -2.35. The third-order valence-corrected chi connectivity index (χ3v) is 2.79. The zero-order chi connectivity index (χ0) is 14.8. The molecule has 0 aliphatic heterocycles. The van der Waals surface area contributed by atoms with E-state index in [1.54, 1.807) is 4.68 Å². The molecule has 0 amide bonds. The molecule has 2 rings (SSSR count). The summed E-state index contributed by atoms with van der Waals surface area (Å²) in [5, 5.41) is 7.66. The Kier molecular flexibility index (Phi) is 4.09. The zero-order valence-corrected chi connectivity index (χ0v) is 12.8. The molecular formula is C15H22N4O. The summed E-state index contributed by atoms with van der Waals surface area (Å²) < 4.78 is 7.40. The molecule has 5 nitrogen and oxygen atoms in total. The highest BCUT2D eigenvalue weighted by molar-refractivity contribution is 5.24. The number of aryl methyl sites for hydroxylation is 2. The molecule has 0 radical (unpaired) electrons. The first-order valence-corrected chi connectivity index (χ1v) is 6.72. The molecule has 0 fully saturated rings. The van der Waals surface area contributed by atoms with Crippen molar-refractivity contribution in [2.45, 2.75) is 39.8 Å². The average Bonchev–Trinajstić information content (AvgIpc) is 2.66. The van der Waals surface area contributed by atoms with Gasteiger partial charge in [0.2, 0.25) is 11.8 Å². The zero-order valence-electron chi connectivity index (χ0n) is 12.8. The van der Waals surface area contributed by atoms with E-state index in [4.69, 9.17) is 4.74 Å². The number of hydrogen-bond acceptors (Lipinski definition) is 4. The van der Waals surface area contributed by atoms with Crippen LogP contribution in [0.5, 0.6) is 11.8 Å². The summed E-state index contributed by atoms with van der Waals surface area (Å²) >= 11 is 0. The molecule has 0 bridgehead atoms. The summed E-state index contributed by atoms with van der Waals surface area (Å²) in [6.07, 6.45) is 1.83. The topological polar surface area (TPSA) is 52.0 Å². The quantitative estimate of drug-likeness (QED) is 0.931. The van der Waals surface area contributed by atoms with Gasteiger partial charge in [0.1, 0.15) is 0 Å². The van der Waals surface area contributed by atoms with Crippen LogP contribution in [0, 0.1) is 6.92 Å². The van der Waals surface area contributed by atoms with Crippen LogP contribution in [-0.2, 0) is 13.6 Å². The van der Waals surface area contributed by atoms with Gasteiger partial charge in [0.05, 0.1) is 5.69 Å². The summed E-state index contributed by atoms with van der Waals surface area (Å²) in [5.41, 5.74) is 2.16. The van der Waals surface area contributed by atoms with Gasteiger partial charge in [-0.3, -0.25) is 0 Å². The fourth-order valence-electron chi connectivity index (χ4n) is 1.73. The molecule has 0 unspecified atom stereocenters. The van der Waals surface area contributed by atoms with Crippen LogP contribution in [-0.4, -0.2) is 20.3 Å². The lowest BCUT2D eigenvalue weighted by Gasteiger charge is -2.20. The Bertz CT molecular complexity index is 567. The molecule has 2 heterocycles. The molecule has 0 spiro atoms. The third kappa shape index (κ3) is 4.06. The maximum atomic E-state index is 5.70. The van der Waals surface area contributed by atoms with Crippen molar-refractivity contribution in [3.05, 3.63) is 35.7 Å². The number of pyridine rings is 1. The average molecular weight is 274 g/mol. The summed E-state index contributed by atoms with van der Waals surface area (Å²) in [6, 6.07) is 5.78. The van der Waals surface area contributed by atoms with Gasteiger partial charge < -0.3 is 10.1 Å². The van der Waals surface area contributed by atoms with E-state index in [9.17, 15) is 0 Å². The molecule has 20 heavy (non-hydrogen) atoms. The Balaban J connectivity index is 2.00. The van der Waals surface area contributed by atoms with Crippen molar-refractivity contribution in [3.63, 3.8) is 0 Å². The largest absolute Gasteiger partial charge is 0.421 e. The van der Waals surface area contributed by atoms with Crippen molar-refractivity contribution in [1.29, 1.82) is 0 Å². The van der Waals surface area contributed by atoms with Gasteiger partial charge in [-0.25, -0.2) is 9.67 Å². The molecular weight excluding hydrogens is 252 g/mol. The Hall–Kier alpha value is -1.88. The molecule has 0 saturated heterocycles. The minimum Gasteiger partial charge on any atom is -0.421 e. The molecule has 108 valence electrons. The molecule has 0 aliphatic rings. The molecule has 1 N–H and O–H groups in total. The number of nitrogens with one attached hydrogen (secondary N) is 1. The minimum atomic E-state index is 0.0986. The number of hydrogen-bond donors (Lipinski definition) is 1. The van der Waals surface area contributed by atoms with Crippen LogP contribution in [0.3, 0.4) is 0 Å². The van der Waals surface area contributed by atoms with E-state index < -0.39 is 0 Å². The first kappa shape index (κ1) is 14.5. The predicted molar refractivity (Wildman–Crippen MR) is 78.8 cm³/mol. The second-order valence-corrected chi connectivity index (χ2v) is 5.96. The van der Waals surface area contributed by atoms with Crippen LogP contribution in [0.15, 0.2) is 24.4 Å². The van der Waals surface area contributed by atoms with Crippen molar-refractivity contribution in [3.8, 4) is 11.8 Å². The number of rotatable bonds is 4. The lowest BCUT2D eigenvalue weighted by atomic mass is 10.1. The second kappa shape index (κ2) is 5.63. The van der Waals surface area contributed by atoms with Crippen LogP contribution >= 0.6 is 0 Å². The van der Waals surface area contributed by atoms with Crippen molar-refractivity contribution >= 4 is 0 Å². The molecule has 0 aromatic carbocycles. The molecule has 2 aromatic heterocycles. The van der Waals surface area contributed by atoms with E-state index in [1.807, 2.05) is 38.4 Å². The fraction of sp³-hybridized carbons (Fsp3) is 0.467. The predicted octanol–water partition coefficient (Wildman–Crippen LogP) is 2.80. The SMILES string of the molecule is Cc1cc(Oc2ccc(CNC(C)(C)C)cn2)n(C)n1. The van der Waals surface area contributed by atoms with E-state index in [-0.39, 0.29) is 5.54 Å². The Morgan fingerprint density at radius 1 is 1.30 bits per heavy atom. The van der Waals surface area contributed by atoms with Gasteiger partial charge in [0.25, 0.3) is 0 Å². The number of nitrogens with zero attached hydrogens (tertiary/aromatic N) is 3. The van der Waals surface area contributed by atoms with Gasteiger partial charge in [-0.15, -0.1) is 0 Å². The van der Waals surface area contributed by atoms with Gasteiger partial charge in [-0.1, -0.05) is 6.07 Å². The van der Waals surface area contributed by atoms with Crippen molar-refractivity contribution in [1.82, 2.24) is 20.1 Å². The first-order valence-electron chi connectivity index (χ1n) is 6.72. The highest BCUT2D eigenvalue weighted by Gasteiger charge is 2.09. The number of aromatic nitrogens is 3. The van der Waals surface area contributed by atoms with Gasteiger partial charge in [-0.2, -0.15) is 5.10 Å². The minimum absolute atomic E-state index is 0.0986. The number of ether oxygens (including phenoxy) is 1. The van der Waals surface area contributed by atoms with E-state index in [0.29, 0.717) is 11.8 Å². The van der Waals surface area contributed by atoms with Crippen LogP contribution < -0.4 is 10.1 Å². The Morgan fingerprint density at radius 2 is 2.05 bits per heavy atom. The monoisotopic (exact) mass is 274 g/mol. The standard InChI is InChI=1S/C15H22N4O/c1-11-8-14(19(5)18-11)20-13-7-6-12(9-16-13)10-17-15(2,3)4/h6-9,17H,10H2,1-5H3. The normalized spacial score (nSPS) is 11.7. The highest BCUT2D eigenvalue weighted by Crippen LogP contribution is 2.19. The summed E-state index contributed by atoms with van der Waals surface area (Å²) in [7, 11) is 1.85. The van der Waals surface area contributed by atoms with E-state index in [1.165, 1.54) is 0 Å². The molecule has 0 atom stereocenters. The van der Waals surface area contributed by atoms with Gasteiger partial charge in [0.15, 0.2) is 0 Å². The lowest BCUT2D eigenvalue weighted by molar-refractivity contribution is 0.412. The summed E-state index contributed by atoms with van der Waals surface area (Å²) in [6.45, 7) is 9.15. The fourth-order valence-corrected chi connectivity index (χ4v) is 1.73. The van der Waals surface area contributed by atoms with E-state index in [0.717, 1.165) is 17.8 Å². The first-order chi connectivity index (χ1) is 9.33. The smallest absolute Gasteiger partial charge is 0.221 e. The Labute approximate surface area is 120 Å². The van der Waals surface area contributed by atoms with Crippen molar-refractivity contribution in [2.24, 2.45) is 7.05 Å². The van der Waals surface area contributed by atoms with Crippen LogP contribution in [0.25, 0.3) is 0 Å². The van der Waals surface area contributed by atoms with Gasteiger partial charge >= 0.3 is 0 Å². The highest BCUT2D eigenvalue weighted by atomic mass is 16.5. The van der Waals surface area contributed by atoms with Crippen LogP contribution in [0.2, 0.25) is 0 Å². The van der Waals surface area contributed by atoms with Gasteiger partial charge in [-0.05, 0) is 33.3 Å². The van der Waals surface area contributed by atoms with Gasteiger partial charge in [0, 0.05) is 37.5 Å². The summed E-state index contributed by atoms with van der Waals surface area (Å²) in [5.74, 6) is 1.27. The second-order valence-electron chi connectivity index (χ2n) is 5.96. The van der Waals surface area contributed by atoms with E-state index >= 15 is 0 Å². The van der Waals surface area contributed by atoms with Crippen LogP contribution in [0.4, 0.5) is 0 Å². The maximum absolute atomic E-state index is 5.70. The van der Waals surface area contributed by atoms with Crippen LogP contribution in [0.1, 0.15) is 32.0 Å². The Morgan fingerprint density at radius 3 is 2.55 bits per heavy atom. The molecule has 2 aromatic rings. The van der Waals surface area contributed by atoms with Crippen molar-refractivity contribution in [2.75, 3.05) is 0 Å². The third-order valence-electron chi connectivity index (χ3n) is 2.79. The molecule has 0 aliphatic carbocycles. The molecule has 5 heteroatoms. The van der Waals surface area contributed by atoms with Crippen molar-refractivity contribution < 1.29 is 4.74 Å². The van der Waals surface area contributed by atoms with E-state index in [2.05, 4.69) is 36.2 Å². The maximum Gasteiger partial charge on any atom is 0.221 e. The molecule has 0 saturated carbocycles. The summed E-state index contributed by atoms with van der Waals surface area (Å²) in [4.78, 5) is 4.32.